The molecule has 0 aliphatic heterocycles. The summed E-state index contributed by atoms with van der Waals surface area (Å²) in [5.74, 6) is -1.64. The molecule has 23 heavy (non-hydrogen) atoms. The van der Waals surface area contributed by atoms with Gasteiger partial charge in [-0.25, -0.2) is 9.59 Å². The molecular formula is C16H15NO5S. The minimum absolute atomic E-state index is 0.235. The molecule has 0 saturated heterocycles. The maximum Gasteiger partial charge on any atom is 0.340 e. The predicted molar refractivity (Wildman–Crippen MR) is 85.6 cm³/mol. The number of carbonyl (C=O) groups is 3. The largest absolute Gasteiger partial charge is 0.462 e. The maximum absolute atomic E-state index is 11.9. The fraction of sp³-hybridized carbons (Fsp3) is 0.188. The van der Waals surface area contributed by atoms with E-state index in [-0.39, 0.29) is 12.2 Å². The summed E-state index contributed by atoms with van der Waals surface area (Å²) >= 11 is 1.36. The molecule has 0 aliphatic rings. The van der Waals surface area contributed by atoms with Crippen molar-refractivity contribution in [1.29, 1.82) is 0 Å². The number of hydrogen-bond donors (Lipinski definition) is 1. The van der Waals surface area contributed by atoms with Gasteiger partial charge >= 0.3 is 11.9 Å². The molecular weight excluding hydrogens is 318 g/mol. The van der Waals surface area contributed by atoms with Crippen molar-refractivity contribution in [2.75, 3.05) is 18.5 Å². The number of hydrogen-bond acceptors (Lipinski definition) is 6. The molecule has 0 radical (unpaired) electrons. The van der Waals surface area contributed by atoms with Crippen molar-refractivity contribution in [1.82, 2.24) is 0 Å². The molecule has 0 spiro atoms. The highest BCUT2D eigenvalue weighted by Gasteiger charge is 2.15. The third-order valence-electron chi connectivity index (χ3n) is 2.79. The van der Waals surface area contributed by atoms with Gasteiger partial charge < -0.3 is 14.8 Å². The van der Waals surface area contributed by atoms with Gasteiger partial charge in [0.1, 0.15) is 0 Å². The van der Waals surface area contributed by atoms with Gasteiger partial charge in [-0.15, -0.1) is 0 Å². The molecule has 1 aromatic carbocycles. The van der Waals surface area contributed by atoms with Gasteiger partial charge in [0.05, 0.1) is 23.4 Å². The third kappa shape index (κ3) is 4.65. The Balaban J connectivity index is 1.95. The van der Waals surface area contributed by atoms with Gasteiger partial charge in [-0.05, 0) is 30.5 Å². The number of carbonyl (C=O) groups excluding carboxylic acids is 3. The van der Waals surface area contributed by atoms with E-state index >= 15 is 0 Å². The first kappa shape index (κ1) is 16.7. The standard InChI is InChI=1S/C16H15NO5S/c1-2-21-16(20)12-5-3-4-6-13(12)17-14(18)9-22-15(19)11-7-8-23-10-11/h3-8,10H,2,9H2,1H3,(H,17,18). The number of nitrogens with one attached hydrogen (secondary N) is 1. The fourth-order valence-electron chi connectivity index (χ4n) is 1.76. The minimum atomic E-state index is -0.569. The smallest absolute Gasteiger partial charge is 0.340 e. The molecule has 1 heterocycles. The molecule has 0 fully saturated rings. The van der Waals surface area contributed by atoms with Gasteiger partial charge in [0.15, 0.2) is 6.61 Å². The van der Waals surface area contributed by atoms with Crippen LogP contribution < -0.4 is 5.32 Å². The number of para-hydroxylation sites is 1. The average molecular weight is 333 g/mol. The summed E-state index contributed by atoms with van der Waals surface area (Å²) < 4.78 is 9.83. The number of benzene rings is 1. The van der Waals surface area contributed by atoms with E-state index in [4.69, 9.17) is 9.47 Å². The van der Waals surface area contributed by atoms with Crippen LogP contribution >= 0.6 is 11.3 Å². The number of anilines is 1. The minimum Gasteiger partial charge on any atom is -0.462 e. The Kier molecular flexibility index (Phi) is 5.87. The molecule has 6 nitrogen and oxygen atoms in total. The zero-order valence-corrected chi connectivity index (χ0v) is 13.2. The molecule has 2 rings (SSSR count). The van der Waals surface area contributed by atoms with Crippen molar-refractivity contribution < 1.29 is 23.9 Å². The van der Waals surface area contributed by atoms with Gasteiger partial charge in [-0.2, -0.15) is 11.3 Å². The summed E-state index contributed by atoms with van der Waals surface area (Å²) in [4.78, 5) is 35.3. The zero-order chi connectivity index (χ0) is 16.7. The van der Waals surface area contributed by atoms with Crippen molar-refractivity contribution in [3.63, 3.8) is 0 Å². The molecule has 0 bridgehead atoms. The first-order valence-corrected chi connectivity index (χ1v) is 7.81. The highest BCUT2D eigenvalue weighted by Crippen LogP contribution is 2.16. The van der Waals surface area contributed by atoms with Crippen LogP contribution in [0.1, 0.15) is 27.6 Å². The molecule has 7 heteroatoms. The van der Waals surface area contributed by atoms with E-state index in [1.54, 1.807) is 48.0 Å². The van der Waals surface area contributed by atoms with Crippen LogP contribution in [0.5, 0.6) is 0 Å². The number of amides is 1. The van der Waals surface area contributed by atoms with E-state index in [1.807, 2.05) is 0 Å². The fourth-order valence-corrected chi connectivity index (χ4v) is 2.39. The number of ether oxygens (including phenoxy) is 2. The maximum atomic E-state index is 11.9. The summed E-state index contributed by atoms with van der Waals surface area (Å²) in [7, 11) is 0. The highest BCUT2D eigenvalue weighted by molar-refractivity contribution is 7.08. The van der Waals surface area contributed by atoms with E-state index in [0.717, 1.165) is 0 Å². The second-order valence-electron chi connectivity index (χ2n) is 4.40. The van der Waals surface area contributed by atoms with Gasteiger partial charge in [0, 0.05) is 5.38 Å². The lowest BCUT2D eigenvalue weighted by molar-refractivity contribution is -0.119. The first-order valence-electron chi connectivity index (χ1n) is 6.87. The normalized spacial score (nSPS) is 9.96. The van der Waals surface area contributed by atoms with Gasteiger partial charge in [0.2, 0.25) is 0 Å². The Labute approximate surface area is 137 Å². The van der Waals surface area contributed by atoms with Crippen LogP contribution in [-0.4, -0.2) is 31.1 Å². The Morgan fingerprint density at radius 3 is 2.57 bits per heavy atom. The second-order valence-corrected chi connectivity index (χ2v) is 5.18. The molecule has 1 amide bonds. The van der Waals surface area contributed by atoms with Crippen molar-refractivity contribution in [3.8, 4) is 0 Å². The predicted octanol–water partition coefficient (Wildman–Crippen LogP) is 2.72. The summed E-state index contributed by atoms with van der Waals surface area (Å²) in [5, 5.41) is 5.91. The van der Waals surface area contributed by atoms with E-state index in [1.165, 1.54) is 11.3 Å². The Bertz CT molecular complexity index is 696. The van der Waals surface area contributed by atoms with Crippen LogP contribution in [0.25, 0.3) is 0 Å². The Hall–Kier alpha value is -2.67. The van der Waals surface area contributed by atoms with Gasteiger partial charge in [-0.3, -0.25) is 4.79 Å². The van der Waals surface area contributed by atoms with Crippen molar-refractivity contribution in [2.45, 2.75) is 6.92 Å². The SMILES string of the molecule is CCOC(=O)c1ccccc1NC(=O)COC(=O)c1ccsc1. The summed E-state index contributed by atoms with van der Waals surface area (Å²) in [6.07, 6.45) is 0. The number of thiophene rings is 1. The zero-order valence-electron chi connectivity index (χ0n) is 12.4. The molecule has 0 atom stereocenters. The summed E-state index contributed by atoms with van der Waals surface area (Å²) in [6, 6.07) is 8.07. The molecule has 1 N–H and O–H groups in total. The number of rotatable bonds is 6. The average Bonchev–Trinajstić information content (AvgIpc) is 3.08. The molecule has 0 aliphatic carbocycles. The molecule has 120 valence electrons. The third-order valence-corrected chi connectivity index (χ3v) is 3.47. The second kappa shape index (κ2) is 8.09. The first-order chi connectivity index (χ1) is 11.1. The Morgan fingerprint density at radius 1 is 1.09 bits per heavy atom. The summed E-state index contributed by atoms with van der Waals surface area (Å²) in [5.41, 5.74) is 0.948. The molecule has 0 unspecified atom stereocenters. The van der Waals surface area contributed by atoms with E-state index in [9.17, 15) is 14.4 Å². The lowest BCUT2D eigenvalue weighted by Gasteiger charge is -2.10. The van der Waals surface area contributed by atoms with Crippen LogP contribution in [-0.2, 0) is 14.3 Å². The van der Waals surface area contributed by atoms with Crippen LogP contribution in [0.15, 0.2) is 41.1 Å². The summed E-state index contributed by atoms with van der Waals surface area (Å²) in [6.45, 7) is 1.49. The van der Waals surface area contributed by atoms with Crippen LogP contribution in [0, 0.1) is 0 Å². The van der Waals surface area contributed by atoms with Gasteiger partial charge in [0.25, 0.3) is 5.91 Å². The highest BCUT2D eigenvalue weighted by atomic mass is 32.1. The number of esters is 2. The lowest BCUT2D eigenvalue weighted by Crippen LogP contribution is -2.22. The van der Waals surface area contributed by atoms with E-state index in [0.29, 0.717) is 11.3 Å². The molecule has 2 aromatic rings. The topological polar surface area (TPSA) is 81.7 Å². The van der Waals surface area contributed by atoms with Crippen LogP contribution in [0.4, 0.5) is 5.69 Å². The van der Waals surface area contributed by atoms with Gasteiger partial charge in [-0.1, -0.05) is 12.1 Å². The van der Waals surface area contributed by atoms with Crippen LogP contribution in [0.3, 0.4) is 0 Å². The van der Waals surface area contributed by atoms with Crippen molar-refractivity contribution in [3.05, 3.63) is 52.2 Å². The van der Waals surface area contributed by atoms with E-state index in [2.05, 4.69) is 5.32 Å². The van der Waals surface area contributed by atoms with E-state index < -0.39 is 24.5 Å². The lowest BCUT2D eigenvalue weighted by atomic mass is 10.2. The monoisotopic (exact) mass is 333 g/mol. The Morgan fingerprint density at radius 2 is 1.87 bits per heavy atom. The molecule has 1 aromatic heterocycles. The van der Waals surface area contributed by atoms with Crippen molar-refractivity contribution in [2.24, 2.45) is 0 Å². The van der Waals surface area contributed by atoms with Crippen LogP contribution in [0.2, 0.25) is 0 Å². The quantitative estimate of drug-likeness (QED) is 0.822. The van der Waals surface area contributed by atoms with Crippen molar-refractivity contribution >= 4 is 34.9 Å². The molecule has 0 saturated carbocycles.